The van der Waals surface area contributed by atoms with Crippen LogP contribution in [0.4, 0.5) is 10.1 Å². The number of hydrogen-bond donors (Lipinski definition) is 2. The first-order valence-electron chi connectivity index (χ1n) is 5.54. The van der Waals surface area contributed by atoms with Crippen molar-refractivity contribution in [3.05, 3.63) is 57.8 Å². The predicted octanol–water partition coefficient (Wildman–Crippen LogP) is 4.21. The first kappa shape index (κ1) is 12.9. The Labute approximate surface area is 114 Å². The summed E-state index contributed by atoms with van der Waals surface area (Å²) in [5.41, 5.74) is 2.56. The molecular formula is C14H13BrFNO. The summed E-state index contributed by atoms with van der Waals surface area (Å²) in [5, 5.41) is 12.8. The van der Waals surface area contributed by atoms with Gasteiger partial charge in [0.1, 0.15) is 11.6 Å². The number of benzene rings is 2. The van der Waals surface area contributed by atoms with Crippen LogP contribution in [0.1, 0.15) is 11.1 Å². The molecule has 94 valence electrons. The average Bonchev–Trinajstić information content (AvgIpc) is 2.35. The summed E-state index contributed by atoms with van der Waals surface area (Å²) in [4.78, 5) is 0. The fourth-order valence-corrected chi connectivity index (χ4v) is 2.07. The molecular weight excluding hydrogens is 297 g/mol. The molecule has 0 unspecified atom stereocenters. The van der Waals surface area contributed by atoms with Crippen molar-refractivity contribution in [2.45, 2.75) is 13.5 Å². The molecule has 4 heteroatoms. The molecule has 0 saturated heterocycles. The standard InChI is InChI=1S/C14H13BrFNO/c1-9-3-2-4-12(14(9)15)17-8-10-7-11(16)5-6-13(10)18/h2-7,17-18H,8H2,1H3. The van der Waals surface area contributed by atoms with E-state index in [-0.39, 0.29) is 11.6 Å². The minimum Gasteiger partial charge on any atom is -0.508 e. The van der Waals surface area contributed by atoms with Crippen LogP contribution in [-0.4, -0.2) is 5.11 Å². The maximum Gasteiger partial charge on any atom is 0.123 e. The lowest BCUT2D eigenvalue weighted by atomic mass is 10.1. The Balaban J connectivity index is 2.16. The number of aryl methyl sites for hydroxylation is 1. The molecule has 0 saturated carbocycles. The lowest BCUT2D eigenvalue weighted by molar-refractivity contribution is 0.466. The number of halogens is 2. The Morgan fingerprint density at radius 1 is 1.28 bits per heavy atom. The normalized spacial score (nSPS) is 10.4. The summed E-state index contributed by atoms with van der Waals surface area (Å²) in [5.74, 6) is -0.263. The zero-order valence-electron chi connectivity index (χ0n) is 9.87. The third kappa shape index (κ3) is 2.82. The number of hydrogen-bond acceptors (Lipinski definition) is 2. The summed E-state index contributed by atoms with van der Waals surface area (Å²) in [6.07, 6.45) is 0. The highest BCUT2D eigenvalue weighted by atomic mass is 79.9. The van der Waals surface area contributed by atoms with Gasteiger partial charge >= 0.3 is 0 Å². The average molecular weight is 310 g/mol. The minimum absolute atomic E-state index is 0.0904. The smallest absolute Gasteiger partial charge is 0.123 e. The monoisotopic (exact) mass is 309 g/mol. The van der Waals surface area contributed by atoms with Gasteiger partial charge < -0.3 is 10.4 Å². The summed E-state index contributed by atoms with van der Waals surface area (Å²) in [7, 11) is 0. The lowest BCUT2D eigenvalue weighted by Gasteiger charge is -2.11. The van der Waals surface area contributed by atoms with E-state index >= 15 is 0 Å². The van der Waals surface area contributed by atoms with Crippen LogP contribution in [0.15, 0.2) is 40.9 Å². The number of rotatable bonds is 3. The highest BCUT2D eigenvalue weighted by Gasteiger charge is 2.05. The molecule has 0 aliphatic carbocycles. The van der Waals surface area contributed by atoms with Gasteiger partial charge in [-0.15, -0.1) is 0 Å². The van der Waals surface area contributed by atoms with E-state index < -0.39 is 0 Å². The number of anilines is 1. The Hall–Kier alpha value is -1.55. The van der Waals surface area contributed by atoms with E-state index in [9.17, 15) is 9.50 Å². The second-order valence-electron chi connectivity index (χ2n) is 4.06. The van der Waals surface area contributed by atoms with Crippen LogP contribution in [0.5, 0.6) is 5.75 Å². The number of nitrogens with one attached hydrogen (secondary N) is 1. The molecule has 0 aromatic heterocycles. The molecule has 0 atom stereocenters. The third-order valence-electron chi connectivity index (χ3n) is 2.70. The van der Waals surface area contributed by atoms with Crippen LogP contribution in [0.2, 0.25) is 0 Å². The molecule has 0 spiro atoms. The maximum atomic E-state index is 13.1. The number of phenols is 1. The summed E-state index contributed by atoms with van der Waals surface area (Å²) in [6.45, 7) is 2.36. The first-order chi connectivity index (χ1) is 8.58. The molecule has 0 aliphatic heterocycles. The predicted molar refractivity (Wildman–Crippen MR) is 74.3 cm³/mol. The second kappa shape index (κ2) is 5.40. The van der Waals surface area contributed by atoms with E-state index in [1.54, 1.807) is 0 Å². The molecule has 2 aromatic carbocycles. The molecule has 2 N–H and O–H groups in total. The summed E-state index contributed by atoms with van der Waals surface area (Å²) in [6, 6.07) is 9.78. The van der Waals surface area contributed by atoms with Gasteiger partial charge in [-0.1, -0.05) is 12.1 Å². The molecule has 0 fully saturated rings. The highest BCUT2D eigenvalue weighted by Crippen LogP contribution is 2.27. The fraction of sp³-hybridized carbons (Fsp3) is 0.143. The molecule has 0 aliphatic rings. The second-order valence-corrected chi connectivity index (χ2v) is 4.86. The van der Waals surface area contributed by atoms with Gasteiger partial charge in [-0.05, 0) is 52.7 Å². The molecule has 2 nitrogen and oxygen atoms in total. The Kier molecular flexibility index (Phi) is 3.87. The molecule has 2 rings (SSSR count). The molecule has 0 heterocycles. The zero-order chi connectivity index (χ0) is 13.1. The van der Waals surface area contributed by atoms with Crippen molar-refractivity contribution in [2.24, 2.45) is 0 Å². The highest BCUT2D eigenvalue weighted by molar-refractivity contribution is 9.10. The van der Waals surface area contributed by atoms with Crippen LogP contribution >= 0.6 is 15.9 Å². The molecule has 0 bridgehead atoms. The first-order valence-corrected chi connectivity index (χ1v) is 6.33. The van der Waals surface area contributed by atoms with E-state index in [0.717, 1.165) is 15.7 Å². The maximum absolute atomic E-state index is 13.1. The molecule has 18 heavy (non-hydrogen) atoms. The van der Waals surface area contributed by atoms with Crippen LogP contribution in [0.3, 0.4) is 0 Å². The third-order valence-corrected chi connectivity index (χ3v) is 3.76. The van der Waals surface area contributed by atoms with Gasteiger partial charge in [0.15, 0.2) is 0 Å². The van der Waals surface area contributed by atoms with Crippen molar-refractivity contribution >= 4 is 21.6 Å². The fourth-order valence-electron chi connectivity index (χ4n) is 1.67. The number of phenolic OH excluding ortho intramolecular Hbond substituents is 1. The Bertz CT molecular complexity index is 570. The van der Waals surface area contributed by atoms with Gasteiger partial charge in [-0.2, -0.15) is 0 Å². The largest absolute Gasteiger partial charge is 0.508 e. The van der Waals surface area contributed by atoms with E-state index in [0.29, 0.717) is 12.1 Å². The molecule has 0 amide bonds. The summed E-state index contributed by atoms with van der Waals surface area (Å²) >= 11 is 3.49. The molecule has 0 radical (unpaired) electrons. The lowest BCUT2D eigenvalue weighted by Crippen LogP contribution is -2.01. The van der Waals surface area contributed by atoms with Crippen molar-refractivity contribution in [1.29, 1.82) is 0 Å². The van der Waals surface area contributed by atoms with Gasteiger partial charge in [0.25, 0.3) is 0 Å². The topological polar surface area (TPSA) is 32.3 Å². The van der Waals surface area contributed by atoms with Crippen LogP contribution in [0.25, 0.3) is 0 Å². The van der Waals surface area contributed by atoms with Crippen molar-refractivity contribution in [2.75, 3.05) is 5.32 Å². The van der Waals surface area contributed by atoms with Gasteiger partial charge in [-0.3, -0.25) is 0 Å². The van der Waals surface area contributed by atoms with Crippen molar-refractivity contribution < 1.29 is 9.50 Å². The zero-order valence-corrected chi connectivity index (χ0v) is 11.5. The molecule has 2 aromatic rings. The Morgan fingerprint density at radius 3 is 2.83 bits per heavy atom. The van der Waals surface area contributed by atoms with E-state index in [1.165, 1.54) is 18.2 Å². The van der Waals surface area contributed by atoms with E-state index in [2.05, 4.69) is 21.2 Å². The van der Waals surface area contributed by atoms with Crippen molar-refractivity contribution in [3.63, 3.8) is 0 Å². The van der Waals surface area contributed by atoms with Gasteiger partial charge in [0.05, 0.1) is 0 Å². The minimum atomic E-state index is -0.354. The van der Waals surface area contributed by atoms with E-state index in [4.69, 9.17) is 0 Å². The van der Waals surface area contributed by atoms with Crippen molar-refractivity contribution in [1.82, 2.24) is 0 Å². The van der Waals surface area contributed by atoms with Crippen molar-refractivity contribution in [3.8, 4) is 5.75 Å². The Morgan fingerprint density at radius 2 is 2.06 bits per heavy atom. The van der Waals surface area contributed by atoms with Crippen LogP contribution < -0.4 is 5.32 Å². The SMILES string of the molecule is Cc1cccc(NCc2cc(F)ccc2O)c1Br. The van der Waals surface area contributed by atoms with Crippen LogP contribution in [-0.2, 0) is 6.54 Å². The summed E-state index contributed by atoms with van der Waals surface area (Å²) < 4.78 is 14.0. The number of aromatic hydroxyl groups is 1. The van der Waals surface area contributed by atoms with Crippen LogP contribution in [0, 0.1) is 12.7 Å². The van der Waals surface area contributed by atoms with Gasteiger partial charge in [-0.25, -0.2) is 4.39 Å². The quantitative estimate of drug-likeness (QED) is 0.890. The van der Waals surface area contributed by atoms with Gasteiger partial charge in [0, 0.05) is 22.3 Å². The van der Waals surface area contributed by atoms with Gasteiger partial charge in [0.2, 0.25) is 0 Å². The van der Waals surface area contributed by atoms with E-state index in [1.807, 2.05) is 25.1 Å².